The molecule has 5 nitrogen and oxygen atoms in total. The van der Waals surface area contributed by atoms with Gasteiger partial charge in [-0.15, -0.1) is 6.58 Å². The molecule has 1 N–H and O–H groups in total. The Hall–Kier alpha value is -3.08. The van der Waals surface area contributed by atoms with Crippen molar-refractivity contribution in [3.05, 3.63) is 84.9 Å². The molecule has 0 aliphatic carbocycles. The molecule has 4 rings (SSSR count). The van der Waals surface area contributed by atoms with Gasteiger partial charge in [-0.05, 0) is 43.4 Å². The minimum atomic E-state index is -0.424. The van der Waals surface area contributed by atoms with Gasteiger partial charge in [0.2, 0.25) is 11.8 Å². The van der Waals surface area contributed by atoms with Crippen LogP contribution in [0, 0.1) is 0 Å². The average Bonchev–Trinajstić information content (AvgIpc) is 3.43. The molecule has 0 unspecified atom stereocenters. The molecule has 162 valence electrons. The highest BCUT2D eigenvalue weighted by atomic mass is 16.3. The predicted octanol–water partition coefficient (Wildman–Crippen LogP) is 4.73. The van der Waals surface area contributed by atoms with Gasteiger partial charge in [0.25, 0.3) is 0 Å². The number of carbonyl (C=O) groups is 2. The Balaban J connectivity index is 1.53. The Kier molecular flexibility index (Phi) is 6.40. The Bertz CT molecular complexity index is 935. The molecule has 2 aliphatic heterocycles. The van der Waals surface area contributed by atoms with Crippen LogP contribution in [0.4, 0.5) is 0 Å². The first-order chi connectivity index (χ1) is 15.1. The lowest BCUT2D eigenvalue weighted by Crippen LogP contribution is -2.47. The second-order valence-electron chi connectivity index (χ2n) is 8.58. The van der Waals surface area contributed by atoms with Crippen molar-refractivity contribution in [1.29, 1.82) is 0 Å². The normalized spacial score (nSPS) is 25.4. The van der Waals surface area contributed by atoms with Crippen LogP contribution in [0.2, 0.25) is 0 Å². The van der Waals surface area contributed by atoms with Gasteiger partial charge in [-0.1, -0.05) is 48.6 Å². The molecule has 2 aromatic rings. The second kappa shape index (κ2) is 9.38. The van der Waals surface area contributed by atoms with Crippen molar-refractivity contribution in [2.45, 2.75) is 62.6 Å². The SMILES string of the molecule is C=CC[C@@H]1CC=C[C@@H](c2ccccc2)N1C(=O)CC[C@@]1(Cc2ccco2)CCC(=O)N1. The van der Waals surface area contributed by atoms with Gasteiger partial charge in [0.05, 0.1) is 12.3 Å². The van der Waals surface area contributed by atoms with Gasteiger partial charge in [-0.25, -0.2) is 0 Å². The lowest BCUT2D eigenvalue weighted by Gasteiger charge is -2.40. The van der Waals surface area contributed by atoms with E-state index in [2.05, 4.69) is 36.2 Å². The summed E-state index contributed by atoms with van der Waals surface area (Å²) in [6.07, 6.45) is 12.2. The molecule has 2 aliphatic rings. The largest absolute Gasteiger partial charge is 0.469 e. The summed E-state index contributed by atoms with van der Waals surface area (Å²) in [5.41, 5.74) is 0.687. The molecule has 0 bridgehead atoms. The molecular weight excluding hydrogens is 388 g/mol. The van der Waals surface area contributed by atoms with Crippen molar-refractivity contribution in [2.24, 2.45) is 0 Å². The lowest BCUT2D eigenvalue weighted by molar-refractivity contribution is -0.136. The maximum atomic E-state index is 13.6. The van der Waals surface area contributed by atoms with Crippen molar-refractivity contribution < 1.29 is 14.0 Å². The maximum absolute atomic E-state index is 13.6. The molecule has 2 amide bonds. The molecule has 31 heavy (non-hydrogen) atoms. The second-order valence-corrected chi connectivity index (χ2v) is 8.58. The van der Waals surface area contributed by atoms with E-state index >= 15 is 0 Å². The Morgan fingerprint density at radius 1 is 1.26 bits per heavy atom. The zero-order chi connectivity index (χ0) is 21.7. The third-order valence-electron chi connectivity index (χ3n) is 6.43. The van der Waals surface area contributed by atoms with E-state index < -0.39 is 5.54 Å². The molecule has 0 spiro atoms. The molecule has 3 atom stereocenters. The van der Waals surface area contributed by atoms with Gasteiger partial charge in [0.15, 0.2) is 0 Å². The van der Waals surface area contributed by atoms with Crippen LogP contribution in [0.1, 0.15) is 55.9 Å². The fourth-order valence-electron chi connectivity index (χ4n) is 4.88. The molecule has 1 fully saturated rings. The van der Waals surface area contributed by atoms with Crippen LogP contribution in [-0.2, 0) is 16.0 Å². The summed E-state index contributed by atoms with van der Waals surface area (Å²) in [4.78, 5) is 27.6. The topological polar surface area (TPSA) is 62.6 Å². The lowest BCUT2D eigenvalue weighted by atomic mass is 9.86. The van der Waals surface area contributed by atoms with Crippen molar-refractivity contribution in [3.63, 3.8) is 0 Å². The zero-order valence-corrected chi connectivity index (χ0v) is 17.8. The first kappa shape index (κ1) is 21.2. The summed E-state index contributed by atoms with van der Waals surface area (Å²) in [5.74, 6) is 0.999. The standard InChI is InChI=1S/C26H30N2O3/c1-2-8-21-11-6-13-23(20-9-4-3-5-10-20)28(21)25(30)15-17-26(16-14-24(29)27-26)19-22-12-7-18-31-22/h2-7,9-10,12-13,18,21,23H,1,8,11,14-17,19H2,(H,27,29)/t21-,23+,26-/m1/s1. The molecule has 1 saturated heterocycles. The van der Waals surface area contributed by atoms with Crippen LogP contribution in [-0.4, -0.2) is 28.3 Å². The van der Waals surface area contributed by atoms with E-state index in [0.29, 0.717) is 25.7 Å². The number of rotatable bonds is 8. The monoisotopic (exact) mass is 418 g/mol. The minimum Gasteiger partial charge on any atom is -0.469 e. The Labute approximate surface area is 183 Å². The molecule has 3 heterocycles. The molecule has 1 aromatic heterocycles. The smallest absolute Gasteiger partial charge is 0.223 e. The number of furan rings is 1. The zero-order valence-electron chi connectivity index (χ0n) is 17.8. The summed E-state index contributed by atoms with van der Waals surface area (Å²) >= 11 is 0. The van der Waals surface area contributed by atoms with Gasteiger partial charge < -0.3 is 14.6 Å². The molecule has 0 saturated carbocycles. The van der Waals surface area contributed by atoms with E-state index in [4.69, 9.17) is 4.42 Å². The predicted molar refractivity (Wildman–Crippen MR) is 120 cm³/mol. The number of nitrogens with one attached hydrogen (secondary N) is 1. The fraction of sp³-hybridized carbons (Fsp3) is 0.385. The molecule has 5 heteroatoms. The van der Waals surface area contributed by atoms with Crippen molar-refractivity contribution in [3.8, 4) is 0 Å². The van der Waals surface area contributed by atoms with E-state index in [0.717, 1.165) is 30.6 Å². The average molecular weight is 419 g/mol. The van der Waals surface area contributed by atoms with Crippen LogP contribution >= 0.6 is 0 Å². The summed E-state index contributed by atoms with van der Waals surface area (Å²) in [7, 11) is 0. The van der Waals surface area contributed by atoms with Crippen LogP contribution in [0.15, 0.2) is 78.0 Å². The van der Waals surface area contributed by atoms with Gasteiger partial charge in [-0.2, -0.15) is 0 Å². The van der Waals surface area contributed by atoms with Gasteiger partial charge in [-0.3, -0.25) is 9.59 Å². The summed E-state index contributed by atoms with van der Waals surface area (Å²) in [6.45, 7) is 3.90. The maximum Gasteiger partial charge on any atom is 0.223 e. The summed E-state index contributed by atoms with van der Waals surface area (Å²) in [5, 5.41) is 3.14. The molecule has 0 radical (unpaired) electrons. The van der Waals surface area contributed by atoms with E-state index in [1.165, 1.54) is 0 Å². The summed E-state index contributed by atoms with van der Waals surface area (Å²) < 4.78 is 5.54. The number of benzene rings is 1. The van der Waals surface area contributed by atoms with Crippen molar-refractivity contribution in [2.75, 3.05) is 0 Å². The van der Waals surface area contributed by atoms with Gasteiger partial charge in [0, 0.05) is 30.8 Å². The highest BCUT2D eigenvalue weighted by Crippen LogP contribution is 2.34. The van der Waals surface area contributed by atoms with Crippen molar-refractivity contribution in [1.82, 2.24) is 10.2 Å². The van der Waals surface area contributed by atoms with Crippen LogP contribution in [0.5, 0.6) is 0 Å². The van der Waals surface area contributed by atoms with Crippen LogP contribution in [0.25, 0.3) is 0 Å². The third-order valence-corrected chi connectivity index (χ3v) is 6.43. The van der Waals surface area contributed by atoms with Gasteiger partial charge >= 0.3 is 0 Å². The minimum absolute atomic E-state index is 0.0478. The number of nitrogens with zero attached hydrogens (tertiary/aromatic N) is 1. The fourth-order valence-corrected chi connectivity index (χ4v) is 4.88. The van der Waals surface area contributed by atoms with Crippen LogP contribution in [0.3, 0.4) is 0 Å². The number of carbonyl (C=O) groups excluding carboxylic acids is 2. The van der Waals surface area contributed by atoms with Gasteiger partial charge in [0.1, 0.15) is 5.76 Å². The highest BCUT2D eigenvalue weighted by Gasteiger charge is 2.40. The first-order valence-corrected chi connectivity index (χ1v) is 11.1. The molecular formula is C26H30N2O3. The quantitative estimate of drug-likeness (QED) is 0.631. The molecule has 1 aromatic carbocycles. The Morgan fingerprint density at radius 3 is 2.77 bits per heavy atom. The Morgan fingerprint density at radius 2 is 2.10 bits per heavy atom. The summed E-state index contributed by atoms with van der Waals surface area (Å²) in [6, 6.07) is 14.0. The third kappa shape index (κ3) is 4.82. The highest BCUT2D eigenvalue weighted by molar-refractivity contribution is 5.80. The number of hydrogen-bond donors (Lipinski definition) is 1. The number of hydrogen-bond acceptors (Lipinski definition) is 3. The van der Waals surface area contributed by atoms with E-state index in [9.17, 15) is 9.59 Å². The van der Waals surface area contributed by atoms with E-state index in [-0.39, 0.29) is 23.9 Å². The number of amides is 2. The van der Waals surface area contributed by atoms with E-state index in [1.807, 2.05) is 41.3 Å². The van der Waals surface area contributed by atoms with E-state index in [1.54, 1.807) is 6.26 Å². The van der Waals surface area contributed by atoms with Crippen LogP contribution < -0.4 is 5.32 Å². The van der Waals surface area contributed by atoms with Crippen molar-refractivity contribution >= 4 is 11.8 Å². The first-order valence-electron chi connectivity index (χ1n) is 11.1.